The van der Waals surface area contributed by atoms with Crippen molar-refractivity contribution in [2.75, 3.05) is 5.32 Å². The minimum atomic E-state index is -0.616. The van der Waals surface area contributed by atoms with Gasteiger partial charge in [-0.2, -0.15) is 0 Å². The second kappa shape index (κ2) is 8.25. The third-order valence-electron chi connectivity index (χ3n) is 8.41. The van der Waals surface area contributed by atoms with E-state index in [1.807, 2.05) is 36.4 Å². The van der Waals surface area contributed by atoms with Crippen LogP contribution in [0.4, 0.5) is 5.69 Å². The van der Waals surface area contributed by atoms with Gasteiger partial charge in [-0.1, -0.05) is 25.1 Å². The van der Waals surface area contributed by atoms with Crippen LogP contribution in [0, 0.1) is 11.3 Å². The van der Waals surface area contributed by atoms with E-state index in [1.165, 1.54) is 4.91 Å². The van der Waals surface area contributed by atoms with Crippen LogP contribution in [0.15, 0.2) is 82.1 Å². The maximum Gasteiger partial charge on any atom is 0.272 e. The first-order valence-corrected chi connectivity index (χ1v) is 14.1. The van der Waals surface area contributed by atoms with Gasteiger partial charge in [-0.15, -0.1) is 11.8 Å². The SMILES string of the molecule is CC1CC2=C(CC(C(=O)/C=C/c3c[nH]c4ncc(NC(=O)c5cc6ccccc6[nH]5)cc34)S2)C23C(=O)C2=CN=C13. The van der Waals surface area contributed by atoms with Crippen molar-refractivity contribution in [2.24, 2.45) is 16.3 Å². The molecule has 40 heavy (non-hydrogen) atoms. The Hall–Kier alpha value is -4.50. The lowest BCUT2D eigenvalue weighted by atomic mass is 9.75. The molecule has 3 aromatic heterocycles. The number of pyridine rings is 1. The van der Waals surface area contributed by atoms with E-state index in [4.69, 9.17) is 0 Å². The number of nitrogens with one attached hydrogen (secondary N) is 3. The Bertz CT molecular complexity index is 1920. The third-order valence-corrected chi connectivity index (χ3v) is 9.79. The van der Waals surface area contributed by atoms with Crippen LogP contribution in [0.25, 0.3) is 28.0 Å². The highest BCUT2D eigenvalue weighted by molar-refractivity contribution is 8.04. The van der Waals surface area contributed by atoms with E-state index in [2.05, 4.69) is 32.2 Å². The van der Waals surface area contributed by atoms with Crippen molar-refractivity contribution in [1.29, 1.82) is 0 Å². The summed E-state index contributed by atoms with van der Waals surface area (Å²) in [5, 5.41) is 4.43. The number of fused-ring (bicyclic) bond motifs is 2. The summed E-state index contributed by atoms with van der Waals surface area (Å²) in [6.45, 7) is 2.12. The third kappa shape index (κ3) is 3.24. The monoisotopic (exact) mass is 545 g/mol. The number of H-pyrrole nitrogens is 2. The molecule has 0 saturated heterocycles. The number of para-hydroxylation sites is 1. The minimum absolute atomic E-state index is 0.0177. The number of anilines is 1. The number of hydrogen-bond acceptors (Lipinski definition) is 6. The summed E-state index contributed by atoms with van der Waals surface area (Å²) in [7, 11) is 0. The van der Waals surface area contributed by atoms with Gasteiger partial charge >= 0.3 is 0 Å². The van der Waals surface area contributed by atoms with E-state index in [-0.39, 0.29) is 28.6 Å². The Kier molecular flexibility index (Phi) is 4.83. The topological polar surface area (TPSA) is 120 Å². The number of aromatic nitrogens is 3. The minimum Gasteiger partial charge on any atom is -0.351 e. The molecule has 3 N–H and O–H groups in total. The Morgan fingerprint density at radius 1 is 1.20 bits per heavy atom. The molecule has 4 aliphatic rings. The predicted octanol–water partition coefficient (Wildman–Crippen LogP) is 5.59. The molecule has 0 bridgehead atoms. The maximum atomic E-state index is 13.3. The van der Waals surface area contributed by atoms with Crippen LogP contribution in [-0.2, 0) is 9.59 Å². The summed E-state index contributed by atoms with van der Waals surface area (Å²) in [5.74, 6) is 0.134. The number of benzene rings is 1. The van der Waals surface area contributed by atoms with Gasteiger partial charge in [0.05, 0.1) is 17.1 Å². The van der Waals surface area contributed by atoms with E-state index in [1.54, 1.807) is 42.5 Å². The molecular formula is C31H23N5O3S. The van der Waals surface area contributed by atoms with Crippen LogP contribution in [0.2, 0.25) is 0 Å². The summed E-state index contributed by atoms with van der Waals surface area (Å²) in [4.78, 5) is 55.3. The molecule has 9 heteroatoms. The lowest BCUT2D eigenvalue weighted by Crippen LogP contribution is -2.30. The van der Waals surface area contributed by atoms with Crippen LogP contribution < -0.4 is 5.32 Å². The molecule has 196 valence electrons. The van der Waals surface area contributed by atoms with Crippen LogP contribution in [-0.4, -0.2) is 43.4 Å². The van der Waals surface area contributed by atoms with Crippen LogP contribution >= 0.6 is 11.8 Å². The Morgan fingerprint density at radius 2 is 2.08 bits per heavy atom. The zero-order chi connectivity index (χ0) is 27.2. The molecule has 0 radical (unpaired) electrons. The van der Waals surface area contributed by atoms with Crippen molar-refractivity contribution < 1.29 is 14.4 Å². The lowest BCUT2D eigenvalue weighted by molar-refractivity contribution is -0.114. The van der Waals surface area contributed by atoms with E-state index >= 15 is 0 Å². The van der Waals surface area contributed by atoms with Crippen LogP contribution in [0.5, 0.6) is 0 Å². The number of aliphatic imine (C=N–C) groups is 1. The molecule has 1 saturated carbocycles. The molecular weight excluding hydrogens is 522 g/mol. The molecule has 1 fully saturated rings. The Balaban J connectivity index is 0.999. The van der Waals surface area contributed by atoms with Crippen LogP contribution in [0.3, 0.4) is 0 Å². The average Bonchev–Trinajstić information content (AvgIpc) is 3.57. The number of thioether (sulfide) groups is 1. The molecule has 8 nitrogen and oxygen atoms in total. The van der Waals surface area contributed by atoms with Crippen molar-refractivity contribution in [1.82, 2.24) is 15.0 Å². The molecule has 3 atom stereocenters. The zero-order valence-corrected chi connectivity index (χ0v) is 22.3. The van der Waals surface area contributed by atoms with Gasteiger partial charge in [0.2, 0.25) is 0 Å². The predicted molar refractivity (Wildman–Crippen MR) is 156 cm³/mol. The second-order valence-electron chi connectivity index (χ2n) is 10.8. The number of carbonyl (C=O) groups excluding carboxylic acids is 3. The van der Waals surface area contributed by atoms with Gasteiger partial charge in [0.1, 0.15) is 16.8 Å². The Morgan fingerprint density at radius 3 is 2.92 bits per heavy atom. The molecule has 4 aromatic rings. The highest BCUT2D eigenvalue weighted by atomic mass is 32.2. The van der Waals surface area contributed by atoms with Gasteiger partial charge in [-0.25, -0.2) is 4.98 Å². The van der Waals surface area contributed by atoms with Gasteiger partial charge in [-0.05, 0) is 53.7 Å². The normalized spacial score (nSPS) is 24.8. The average molecular weight is 546 g/mol. The fourth-order valence-corrected chi connectivity index (χ4v) is 7.94. The highest BCUT2D eigenvalue weighted by Gasteiger charge is 2.71. The molecule has 1 aromatic carbocycles. The van der Waals surface area contributed by atoms with E-state index < -0.39 is 5.41 Å². The first-order valence-electron chi connectivity index (χ1n) is 13.2. The number of rotatable bonds is 5. The second-order valence-corrected chi connectivity index (χ2v) is 12.1. The van der Waals surface area contributed by atoms with E-state index in [0.717, 1.165) is 45.1 Å². The Labute approximate surface area is 232 Å². The first kappa shape index (κ1) is 23.4. The van der Waals surface area contributed by atoms with Gasteiger partial charge in [0, 0.05) is 51.5 Å². The largest absolute Gasteiger partial charge is 0.351 e. The molecule has 1 spiro atoms. The van der Waals surface area contributed by atoms with E-state index in [9.17, 15) is 14.4 Å². The first-order chi connectivity index (χ1) is 19.4. The fourth-order valence-electron chi connectivity index (χ4n) is 6.42. The van der Waals surface area contributed by atoms with Crippen LogP contribution in [0.1, 0.15) is 35.8 Å². The quantitative estimate of drug-likeness (QED) is 0.283. The van der Waals surface area contributed by atoms with Crippen molar-refractivity contribution in [3.63, 3.8) is 0 Å². The number of Topliss-reactive ketones (excluding diaryl/α,β-unsaturated/α-hetero) is 1. The standard InChI is InChI=1S/C31H23N5O3S/c1-15-8-25-20(31-21(28(31)38)14-32-27(15)31)11-26(40-25)24(37)7-6-17-12-33-29-19(17)10-18(13-34-29)35-30(39)23-9-16-4-2-3-5-22(16)36-23/h2-7,9-10,12-15,26,36H,8,11H2,1H3,(H,33,34)(H,35,39)/b7-6+. The van der Waals surface area contributed by atoms with Gasteiger partial charge in [0.25, 0.3) is 5.91 Å². The molecule has 2 aliphatic carbocycles. The molecule has 5 heterocycles. The molecule has 8 rings (SSSR count). The van der Waals surface area contributed by atoms with Gasteiger partial charge in [-0.3, -0.25) is 19.4 Å². The molecule has 1 amide bonds. The summed E-state index contributed by atoms with van der Waals surface area (Å²) >= 11 is 1.61. The number of allylic oxidation sites excluding steroid dienone is 4. The van der Waals surface area contributed by atoms with Gasteiger partial charge in [0.15, 0.2) is 11.6 Å². The highest BCUT2D eigenvalue weighted by Crippen LogP contribution is 2.67. The van der Waals surface area contributed by atoms with Crippen molar-refractivity contribution in [3.05, 3.63) is 88.4 Å². The number of nitrogens with zero attached hydrogens (tertiary/aromatic N) is 2. The molecule has 3 unspecified atom stereocenters. The fraction of sp³-hybridized carbons (Fsp3) is 0.194. The van der Waals surface area contributed by atoms with Crippen molar-refractivity contribution >= 4 is 68.6 Å². The zero-order valence-electron chi connectivity index (χ0n) is 21.4. The van der Waals surface area contributed by atoms with Crippen molar-refractivity contribution in [3.8, 4) is 0 Å². The number of ketones is 2. The number of amides is 1. The summed E-state index contributed by atoms with van der Waals surface area (Å²) in [6.07, 6.45) is 9.96. The lowest BCUT2D eigenvalue weighted by Gasteiger charge is -2.27. The summed E-state index contributed by atoms with van der Waals surface area (Å²) in [6, 6.07) is 11.4. The summed E-state index contributed by atoms with van der Waals surface area (Å²) < 4.78 is 0. The van der Waals surface area contributed by atoms with E-state index in [0.29, 0.717) is 23.4 Å². The number of hydrogen-bond donors (Lipinski definition) is 3. The summed E-state index contributed by atoms with van der Waals surface area (Å²) in [5.41, 5.74) is 5.63. The smallest absolute Gasteiger partial charge is 0.272 e. The maximum absolute atomic E-state index is 13.3. The number of carbonyl (C=O) groups is 3. The molecule has 2 aliphatic heterocycles. The van der Waals surface area contributed by atoms with Gasteiger partial charge < -0.3 is 15.3 Å². The van der Waals surface area contributed by atoms with Crippen molar-refractivity contribution in [2.45, 2.75) is 25.0 Å². The number of aromatic amines is 2.